The summed E-state index contributed by atoms with van der Waals surface area (Å²) in [5, 5.41) is 8.90. The Kier molecular flexibility index (Phi) is 4.24. The van der Waals surface area contributed by atoms with Gasteiger partial charge >= 0.3 is 5.97 Å². The molecule has 1 saturated carbocycles. The van der Waals surface area contributed by atoms with Crippen LogP contribution in [-0.2, 0) is 4.79 Å². The van der Waals surface area contributed by atoms with Crippen LogP contribution in [0.25, 0.3) is 11.3 Å². The van der Waals surface area contributed by atoms with Crippen LogP contribution in [0.5, 0.6) is 0 Å². The quantitative estimate of drug-likeness (QED) is 0.897. The lowest BCUT2D eigenvalue weighted by Crippen LogP contribution is -2.14. The highest BCUT2D eigenvalue weighted by molar-refractivity contribution is 5.89. The number of anilines is 1. The molecule has 0 saturated heterocycles. The van der Waals surface area contributed by atoms with Gasteiger partial charge in [0.2, 0.25) is 0 Å². The van der Waals surface area contributed by atoms with Gasteiger partial charge in [-0.15, -0.1) is 0 Å². The van der Waals surface area contributed by atoms with E-state index in [9.17, 15) is 14.0 Å². The number of aromatic nitrogens is 2. The fourth-order valence-electron chi connectivity index (χ4n) is 2.89. The van der Waals surface area contributed by atoms with Gasteiger partial charge in [-0.2, -0.15) is 0 Å². The molecule has 3 rings (SSSR count). The van der Waals surface area contributed by atoms with Crippen LogP contribution in [0.4, 0.5) is 10.2 Å². The molecule has 24 heavy (non-hydrogen) atoms. The number of Topliss-reactive ketones (excluding diaryl/α,β-unsaturated/α-hetero) is 1. The van der Waals surface area contributed by atoms with Crippen molar-refractivity contribution in [1.29, 1.82) is 0 Å². The Morgan fingerprint density at radius 1 is 1.29 bits per heavy atom. The molecule has 0 bridgehead atoms. The number of hydrogen-bond donors (Lipinski definition) is 2. The summed E-state index contributed by atoms with van der Waals surface area (Å²) in [5.41, 5.74) is 6.85. The minimum absolute atomic E-state index is 0.123. The first-order valence-electron chi connectivity index (χ1n) is 7.63. The normalized spacial score (nSPS) is 15.5. The van der Waals surface area contributed by atoms with Crippen LogP contribution in [0.3, 0.4) is 0 Å². The van der Waals surface area contributed by atoms with Crippen LogP contribution < -0.4 is 5.73 Å². The number of benzene rings is 1. The zero-order valence-electron chi connectivity index (χ0n) is 12.8. The monoisotopic (exact) mass is 329 g/mol. The molecule has 1 aliphatic carbocycles. The molecule has 1 aromatic carbocycles. The van der Waals surface area contributed by atoms with Crippen molar-refractivity contribution in [2.45, 2.75) is 31.6 Å². The number of ketones is 1. The molecule has 0 aliphatic heterocycles. The number of carbonyl (C=O) groups is 2. The maximum absolute atomic E-state index is 13.9. The first kappa shape index (κ1) is 16.0. The highest BCUT2D eigenvalue weighted by Crippen LogP contribution is 2.32. The number of nitrogen functional groups attached to an aromatic ring is 1. The first-order valence-corrected chi connectivity index (χ1v) is 7.63. The Balaban J connectivity index is 1.96. The predicted molar refractivity (Wildman–Crippen MR) is 85.0 cm³/mol. The molecule has 1 aliphatic rings. The van der Waals surface area contributed by atoms with E-state index in [1.165, 1.54) is 12.1 Å². The molecule has 7 heteroatoms. The van der Waals surface area contributed by atoms with E-state index in [0.29, 0.717) is 36.9 Å². The van der Waals surface area contributed by atoms with E-state index in [2.05, 4.69) is 9.97 Å². The standard InChI is InChI=1S/C17H16FN3O3/c18-13-7-10(3-6-12(13)17(23)24)15-16(19)20-8-14(21-15)9-1-4-11(22)5-2-9/h3,6-9H,1-2,4-5H2,(H2,19,20)(H,23,24). The number of carboxylic acid groups (broad SMARTS) is 1. The fraction of sp³-hybridized carbons (Fsp3) is 0.294. The molecular formula is C17H16FN3O3. The minimum atomic E-state index is -1.33. The first-order chi connectivity index (χ1) is 11.5. The minimum Gasteiger partial charge on any atom is -0.478 e. The van der Waals surface area contributed by atoms with Gasteiger partial charge in [0, 0.05) is 24.3 Å². The molecule has 3 N–H and O–H groups in total. The molecule has 1 aromatic heterocycles. The lowest BCUT2D eigenvalue weighted by Gasteiger charge is -2.20. The molecule has 0 unspecified atom stereocenters. The Morgan fingerprint density at radius 2 is 2.00 bits per heavy atom. The number of nitrogens with zero attached hydrogens (tertiary/aromatic N) is 2. The number of rotatable bonds is 3. The summed E-state index contributed by atoms with van der Waals surface area (Å²) in [6.07, 6.45) is 4.05. The maximum atomic E-state index is 13.9. The van der Waals surface area contributed by atoms with Gasteiger partial charge in [0.1, 0.15) is 23.1 Å². The summed E-state index contributed by atoms with van der Waals surface area (Å²) < 4.78 is 13.9. The summed E-state index contributed by atoms with van der Waals surface area (Å²) in [6, 6.07) is 3.74. The summed E-state index contributed by atoms with van der Waals surface area (Å²) in [6.45, 7) is 0. The molecule has 0 spiro atoms. The van der Waals surface area contributed by atoms with Crippen LogP contribution in [0, 0.1) is 5.82 Å². The molecule has 0 amide bonds. The number of nitrogens with two attached hydrogens (primary N) is 1. The third-order valence-corrected chi connectivity index (χ3v) is 4.25. The molecule has 2 aromatic rings. The summed E-state index contributed by atoms with van der Waals surface area (Å²) >= 11 is 0. The van der Waals surface area contributed by atoms with Gasteiger partial charge in [0.25, 0.3) is 0 Å². The average Bonchev–Trinajstić information content (AvgIpc) is 2.55. The molecular weight excluding hydrogens is 313 g/mol. The fourth-order valence-corrected chi connectivity index (χ4v) is 2.89. The van der Waals surface area contributed by atoms with Crippen LogP contribution in [0.15, 0.2) is 24.4 Å². The van der Waals surface area contributed by atoms with Gasteiger partial charge in [0.05, 0.1) is 17.5 Å². The van der Waals surface area contributed by atoms with Gasteiger partial charge in [0.15, 0.2) is 0 Å². The lowest BCUT2D eigenvalue weighted by molar-refractivity contribution is -0.120. The Morgan fingerprint density at radius 3 is 2.62 bits per heavy atom. The van der Waals surface area contributed by atoms with Crippen LogP contribution in [-0.4, -0.2) is 26.8 Å². The van der Waals surface area contributed by atoms with E-state index >= 15 is 0 Å². The predicted octanol–water partition coefficient (Wildman–Crippen LogP) is 2.79. The van der Waals surface area contributed by atoms with Crippen molar-refractivity contribution in [1.82, 2.24) is 9.97 Å². The van der Waals surface area contributed by atoms with Crippen molar-refractivity contribution in [2.24, 2.45) is 0 Å². The lowest BCUT2D eigenvalue weighted by atomic mass is 9.86. The summed E-state index contributed by atoms with van der Waals surface area (Å²) in [5.74, 6) is -1.67. The Hall–Kier alpha value is -2.83. The highest BCUT2D eigenvalue weighted by atomic mass is 19.1. The average molecular weight is 329 g/mol. The number of aromatic carboxylic acids is 1. The molecule has 0 atom stereocenters. The summed E-state index contributed by atoms with van der Waals surface area (Å²) in [7, 11) is 0. The third-order valence-electron chi connectivity index (χ3n) is 4.25. The van der Waals surface area contributed by atoms with E-state index in [0.717, 1.165) is 11.8 Å². The van der Waals surface area contributed by atoms with E-state index in [-0.39, 0.29) is 17.5 Å². The second-order valence-electron chi connectivity index (χ2n) is 5.84. The zero-order valence-corrected chi connectivity index (χ0v) is 12.8. The van der Waals surface area contributed by atoms with Crippen molar-refractivity contribution in [2.75, 3.05) is 5.73 Å². The molecule has 124 valence electrons. The smallest absolute Gasteiger partial charge is 0.338 e. The van der Waals surface area contributed by atoms with Gasteiger partial charge in [-0.05, 0) is 25.0 Å². The zero-order chi connectivity index (χ0) is 17.3. The summed E-state index contributed by atoms with van der Waals surface area (Å²) in [4.78, 5) is 30.9. The largest absolute Gasteiger partial charge is 0.478 e. The van der Waals surface area contributed by atoms with Gasteiger partial charge in [-0.1, -0.05) is 6.07 Å². The van der Waals surface area contributed by atoms with E-state index in [1.54, 1.807) is 6.20 Å². The van der Waals surface area contributed by atoms with Gasteiger partial charge in [-0.3, -0.25) is 4.79 Å². The topological polar surface area (TPSA) is 106 Å². The number of carbonyl (C=O) groups excluding carboxylic acids is 1. The highest BCUT2D eigenvalue weighted by Gasteiger charge is 2.23. The molecule has 1 fully saturated rings. The van der Waals surface area contributed by atoms with Crippen molar-refractivity contribution in [3.8, 4) is 11.3 Å². The molecule has 0 radical (unpaired) electrons. The third kappa shape index (κ3) is 3.10. The van der Waals surface area contributed by atoms with Crippen molar-refractivity contribution < 1.29 is 19.1 Å². The van der Waals surface area contributed by atoms with E-state index < -0.39 is 17.3 Å². The number of hydrogen-bond acceptors (Lipinski definition) is 5. The van der Waals surface area contributed by atoms with Crippen LogP contribution in [0.1, 0.15) is 47.7 Å². The van der Waals surface area contributed by atoms with Crippen molar-refractivity contribution in [3.63, 3.8) is 0 Å². The molecule has 6 nitrogen and oxygen atoms in total. The number of halogens is 1. The SMILES string of the molecule is Nc1ncc(C2CCC(=O)CC2)nc1-c1ccc(C(=O)O)c(F)c1. The Bertz CT molecular complexity index is 813. The van der Waals surface area contributed by atoms with Crippen molar-refractivity contribution >= 4 is 17.6 Å². The van der Waals surface area contributed by atoms with E-state index in [1.807, 2.05) is 0 Å². The number of carboxylic acids is 1. The van der Waals surface area contributed by atoms with E-state index in [4.69, 9.17) is 10.8 Å². The second-order valence-corrected chi connectivity index (χ2v) is 5.84. The van der Waals surface area contributed by atoms with Crippen LogP contribution >= 0.6 is 0 Å². The maximum Gasteiger partial charge on any atom is 0.338 e. The second kappa shape index (κ2) is 6.35. The Labute approximate surface area is 137 Å². The van der Waals surface area contributed by atoms with Crippen molar-refractivity contribution in [3.05, 3.63) is 41.5 Å². The van der Waals surface area contributed by atoms with Crippen LogP contribution in [0.2, 0.25) is 0 Å². The molecule has 1 heterocycles. The van der Waals surface area contributed by atoms with Gasteiger partial charge < -0.3 is 10.8 Å². The van der Waals surface area contributed by atoms with Gasteiger partial charge in [-0.25, -0.2) is 19.2 Å².